The zero-order valence-electron chi connectivity index (χ0n) is 16.1. The minimum Gasteiger partial charge on any atom is -0.331 e. The molecule has 3 rings (SSSR count). The van der Waals surface area contributed by atoms with E-state index in [-0.39, 0.29) is 22.4 Å². The van der Waals surface area contributed by atoms with Crippen molar-refractivity contribution >= 4 is 35.2 Å². The average Bonchev–Trinajstić information content (AvgIpc) is 3.02. The first-order chi connectivity index (χ1) is 13.0. The third kappa shape index (κ3) is 4.61. The minimum atomic E-state index is -0.00138. The second kappa shape index (κ2) is 9.30. The number of hydrogen-bond acceptors (Lipinski definition) is 3. The molecule has 2 heterocycles. The normalized spacial score (nSPS) is 23.9. The summed E-state index contributed by atoms with van der Waals surface area (Å²) in [5, 5.41) is 0.738. The molecule has 0 saturated carbocycles. The van der Waals surface area contributed by atoms with Gasteiger partial charge in [0.05, 0.1) is 44.5 Å². The molecule has 1 N–H and O–H groups in total. The summed E-state index contributed by atoms with van der Waals surface area (Å²) < 4.78 is 0. The van der Waals surface area contributed by atoms with E-state index in [1.165, 1.54) is 4.90 Å². The molecule has 0 aliphatic carbocycles. The summed E-state index contributed by atoms with van der Waals surface area (Å²) in [6.07, 6.45) is 1.42. The van der Waals surface area contributed by atoms with E-state index in [9.17, 15) is 9.59 Å². The lowest BCUT2D eigenvalue weighted by molar-refractivity contribution is -0.903. The Labute approximate surface area is 171 Å². The van der Waals surface area contributed by atoms with E-state index in [0.29, 0.717) is 6.42 Å². The number of rotatable bonds is 6. The van der Waals surface area contributed by atoms with Crippen LogP contribution < -0.4 is 4.90 Å². The molecule has 0 unspecified atom stereocenters. The molecule has 1 aromatic rings. The van der Waals surface area contributed by atoms with Crippen LogP contribution in [-0.4, -0.2) is 66.1 Å². The second-order valence-corrected chi connectivity index (χ2v) is 8.87. The number of thioether (sulfide) groups is 1. The van der Waals surface area contributed by atoms with Crippen LogP contribution in [0.15, 0.2) is 24.3 Å². The maximum atomic E-state index is 12.9. The summed E-state index contributed by atoms with van der Waals surface area (Å²) in [6, 6.07) is 7.84. The third-order valence-corrected chi connectivity index (χ3v) is 7.48. The van der Waals surface area contributed by atoms with Crippen LogP contribution in [-0.2, 0) is 9.59 Å². The molecule has 27 heavy (non-hydrogen) atoms. The zero-order valence-corrected chi connectivity index (χ0v) is 17.7. The van der Waals surface area contributed by atoms with Gasteiger partial charge in [-0.1, -0.05) is 43.6 Å². The van der Waals surface area contributed by atoms with Crippen LogP contribution in [0.3, 0.4) is 0 Å². The largest absolute Gasteiger partial charge is 0.331 e. The number of quaternary nitrogens is 1. The van der Waals surface area contributed by atoms with Gasteiger partial charge in [-0.3, -0.25) is 9.59 Å². The summed E-state index contributed by atoms with van der Waals surface area (Å²) in [4.78, 5) is 30.1. The number of nitrogens with one attached hydrogen (secondary N) is 1. The van der Waals surface area contributed by atoms with Gasteiger partial charge in [0.15, 0.2) is 0 Å². The van der Waals surface area contributed by atoms with Crippen LogP contribution in [0.5, 0.6) is 0 Å². The molecule has 2 amide bonds. The average molecular weight is 411 g/mol. The highest BCUT2D eigenvalue weighted by Crippen LogP contribution is 2.45. The van der Waals surface area contributed by atoms with Crippen LogP contribution in [0.25, 0.3) is 0 Å². The summed E-state index contributed by atoms with van der Waals surface area (Å²) in [5.74, 6) is 0.469. The summed E-state index contributed by atoms with van der Waals surface area (Å²) in [7, 11) is 0. The molecule has 1 aromatic carbocycles. The highest BCUT2D eigenvalue weighted by molar-refractivity contribution is 8.01. The Morgan fingerprint density at radius 3 is 2.59 bits per heavy atom. The van der Waals surface area contributed by atoms with Gasteiger partial charge in [-0.15, -0.1) is 11.8 Å². The molecular formula is C20H29ClN3O2S+. The monoisotopic (exact) mass is 410 g/mol. The van der Waals surface area contributed by atoms with Gasteiger partial charge in [0.1, 0.15) is 5.37 Å². The lowest BCUT2D eigenvalue weighted by Gasteiger charge is -2.33. The molecule has 5 nitrogen and oxygen atoms in total. The van der Waals surface area contributed by atoms with Crippen molar-refractivity contribution in [3.63, 3.8) is 0 Å². The Balaban J connectivity index is 1.63. The first-order valence-corrected chi connectivity index (χ1v) is 11.2. The number of carbonyl (C=O) groups is 2. The molecule has 0 bridgehead atoms. The fraction of sp³-hybridized carbons (Fsp3) is 0.600. The molecular weight excluding hydrogens is 382 g/mol. The maximum Gasteiger partial charge on any atom is 0.237 e. The van der Waals surface area contributed by atoms with Gasteiger partial charge >= 0.3 is 0 Å². The van der Waals surface area contributed by atoms with Crippen molar-refractivity contribution in [2.75, 3.05) is 39.3 Å². The van der Waals surface area contributed by atoms with Gasteiger partial charge in [-0.2, -0.15) is 0 Å². The van der Waals surface area contributed by atoms with E-state index in [2.05, 4.69) is 6.92 Å². The molecule has 148 valence electrons. The number of amides is 2. The molecule has 0 radical (unpaired) electrons. The third-order valence-electron chi connectivity index (χ3n) is 5.51. The molecule has 0 spiro atoms. The predicted octanol–water partition coefficient (Wildman–Crippen LogP) is 1.83. The molecule has 7 heteroatoms. The minimum absolute atomic E-state index is 0.00138. The number of nitrogens with zero attached hydrogens (tertiary/aromatic N) is 2. The quantitative estimate of drug-likeness (QED) is 0.778. The molecule has 2 saturated heterocycles. The van der Waals surface area contributed by atoms with Crippen LogP contribution in [0, 0.1) is 0 Å². The van der Waals surface area contributed by atoms with E-state index in [0.717, 1.165) is 56.3 Å². The van der Waals surface area contributed by atoms with Crippen molar-refractivity contribution < 1.29 is 14.5 Å². The topological polar surface area (TPSA) is 45.1 Å². The molecule has 2 aliphatic heterocycles. The van der Waals surface area contributed by atoms with Gasteiger partial charge in [0, 0.05) is 17.0 Å². The lowest BCUT2D eigenvalue weighted by Crippen LogP contribution is -3.15. The fourth-order valence-electron chi connectivity index (χ4n) is 3.83. The Hall–Kier alpha value is -1.24. The number of halogens is 1. The van der Waals surface area contributed by atoms with Crippen molar-refractivity contribution in [1.29, 1.82) is 0 Å². The zero-order chi connectivity index (χ0) is 19.4. The fourth-order valence-corrected chi connectivity index (χ4v) is 5.59. The highest BCUT2D eigenvalue weighted by atomic mass is 35.5. The van der Waals surface area contributed by atoms with E-state index in [1.807, 2.05) is 41.0 Å². The van der Waals surface area contributed by atoms with E-state index in [1.54, 1.807) is 11.8 Å². The number of benzene rings is 1. The Kier molecular flexibility index (Phi) is 7.06. The summed E-state index contributed by atoms with van der Waals surface area (Å²) in [5.41, 5.74) is 1.03. The van der Waals surface area contributed by atoms with Gasteiger partial charge in [-0.05, 0) is 12.5 Å². The van der Waals surface area contributed by atoms with Crippen LogP contribution >= 0.6 is 23.4 Å². The van der Waals surface area contributed by atoms with Crippen molar-refractivity contribution in [3.8, 4) is 0 Å². The van der Waals surface area contributed by atoms with Gasteiger partial charge < -0.3 is 14.7 Å². The van der Waals surface area contributed by atoms with E-state index in [4.69, 9.17) is 11.6 Å². The van der Waals surface area contributed by atoms with E-state index >= 15 is 0 Å². The Morgan fingerprint density at radius 2 is 1.96 bits per heavy atom. The number of hydrogen-bond donors (Lipinski definition) is 1. The van der Waals surface area contributed by atoms with Gasteiger partial charge in [0.25, 0.3) is 0 Å². The molecule has 2 aliphatic rings. The first-order valence-electron chi connectivity index (χ1n) is 9.86. The molecule has 0 aromatic heterocycles. The van der Waals surface area contributed by atoms with Crippen molar-refractivity contribution in [2.45, 2.75) is 37.3 Å². The maximum absolute atomic E-state index is 12.9. The smallest absolute Gasteiger partial charge is 0.237 e. The van der Waals surface area contributed by atoms with Crippen molar-refractivity contribution in [3.05, 3.63) is 34.9 Å². The first kappa shape index (κ1) is 20.5. The Morgan fingerprint density at radius 1 is 1.26 bits per heavy atom. The van der Waals surface area contributed by atoms with Crippen LogP contribution in [0.4, 0.5) is 0 Å². The predicted molar refractivity (Wildman–Crippen MR) is 110 cm³/mol. The van der Waals surface area contributed by atoms with E-state index < -0.39 is 0 Å². The number of piperazine rings is 1. The SMILES string of the molecule is CCC(=O)N1CC[NH+](CCN2C(=O)[C@@H](CC)S[C@@H]2c2ccccc2Cl)CC1. The second-order valence-electron chi connectivity index (χ2n) is 7.17. The summed E-state index contributed by atoms with van der Waals surface area (Å²) in [6.45, 7) is 9.17. The van der Waals surface area contributed by atoms with Gasteiger partial charge in [0.2, 0.25) is 11.8 Å². The number of carbonyl (C=O) groups excluding carboxylic acids is 2. The van der Waals surface area contributed by atoms with Crippen molar-refractivity contribution in [2.24, 2.45) is 0 Å². The van der Waals surface area contributed by atoms with Crippen molar-refractivity contribution in [1.82, 2.24) is 9.80 Å². The molecule has 2 atom stereocenters. The molecule has 2 fully saturated rings. The van der Waals surface area contributed by atoms with Crippen LogP contribution in [0.2, 0.25) is 5.02 Å². The standard InChI is InChI=1S/C20H28ClN3O2S/c1-3-17-19(26)24(20(27-17)15-7-5-6-8-16(15)21)14-11-22-9-12-23(13-10-22)18(25)4-2/h5-8,17,20H,3-4,9-14H2,1-2H3/p+1/t17-,20-/m1/s1. The highest BCUT2D eigenvalue weighted by Gasteiger charge is 2.41. The van der Waals surface area contributed by atoms with Gasteiger partial charge in [-0.25, -0.2) is 0 Å². The lowest BCUT2D eigenvalue weighted by atomic mass is 10.2. The summed E-state index contributed by atoms with van der Waals surface area (Å²) >= 11 is 8.14. The van der Waals surface area contributed by atoms with Crippen LogP contribution in [0.1, 0.15) is 37.6 Å². The Bertz CT molecular complexity index is 679.